The number of nitrogens with zero attached hydrogens (tertiary/aromatic N) is 1. The summed E-state index contributed by atoms with van der Waals surface area (Å²) in [4.78, 5) is 2.11. The van der Waals surface area contributed by atoms with E-state index in [9.17, 15) is 4.39 Å². The van der Waals surface area contributed by atoms with Gasteiger partial charge in [-0.05, 0) is 44.5 Å². The van der Waals surface area contributed by atoms with E-state index in [4.69, 9.17) is 4.74 Å². The van der Waals surface area contributed by atoms with Crippen LogP contribution in [-0.2, 0) is 0 Å². The average Bonchev–Trinajstić information content (AvgIpc) is 2.84. The first kappa shape index (κ1) is 13.1. The maximum atomic E-state index is 13.7. The van der Waals surface area contributed by atoms with E-state index < -0.39 is 0 Å². The van der Waals surface area contributed by atoms with Crippen molar-refractivity contribution in [2.75, 3.05) is 38.2 Å². The molecule has 1 aromatic carbocycles. The normalized spacial score (nSPS) is 18.9. The van der Waals surface area contributed by atoms with Crippen LogP contribution in [0.4, 0.5) is 10.1 Å². The highest BCUT2D eigenvalue weighted by Gasteiger charge is 2.17. The lowest BCUT2D eigenvalue weighted by Gasteiger charge is -2.23. The van der Waals surface area contributed by atoms with Crippen molar-refractivity contribution in [2.45, 2.75) is 13.3 Å². The summed E-state index contributed by atoms with van der Waals surface area (Å²) in [5.41, 5.74) is 0.905. The van der Waals surface area contributed by atoms with Crippen LogP contribution in [0.2, 0.25) is 0 Å². The van der Waals surface area contributed by atoms with Crippen molar-refractivity contribution in [2.24, 2.45) is 5.92 Å². The van der Waals surface area contributed by atoms with Crippen LogP contribution in [-0.4, -0.2) is 33.3 Å². The van der Waals surface area contributed by atoms with Crippen LogP contribution >= 0.6 is 0 Å². The maximum Gasteiger partial charge on any atom is 0.167 e. The molecular formula is C14H21FN2O. The largest absolute Gasteiger partial charge is 0.491 e. The summed E-state index contributed by atoms with van der Waals surface area (Å²) in [6.07, 6.45) is 1.20. The third-order valence-corrected chi connectivity index (χ3v) is 3.35. The number of nitrogens with one attached hydrogen (secondary N) is 1. The number of rotatable bonds is 5. The molecule has 1 fully saturated rings. The molecule has 0 amide bonds. The molecule has 0 spiro atoms. The minimum atomic E-state index is -0.286. The van der Waals surface area contributed by atoms with Gasteiger partial charge in [0.25, 0.3) is 0 Å². The van der Waals surface area contributed by atoms with Crippen LogP contribution in [0.15, 0.2) is 18.2 Å². The molecule has 0 saturated carbocycles. The lowest BCUT2D eigenvalue weighted by atomic mass is 10.1. The van der Waals surface area contributed by atoms with Crippen LogP contribution in [0.5, 0.6) is 5.75 Å². The molecule has 1 aromatic rings. The fourth-order valence-electron chi connectivity index (χ4n) is 2.36. The van der Waals surface area contributed by atoms with E-state index in [1.165, 1.54) is 6.42 Å². The standard InChI is InChI=1S/C14H21FN2O/c1-3-18-14-5-4-12(8-13(14)15)17(2)10-11-6-7-16-9-11/h4-5,8,11,16H,3,6-7,9-10H2,1-2H3. The molecule has 18 heavy (non-hydrogen) atoms. The van der Waals surface area contributed by atoms with E-state index in [2.05, 4.69) is 10.2 Å². The zero-order valence-electron chi connectivity index (χ0n) is 11.1. The summed E-state index contributed by atoms with van der Waals surface area (Å²) in [6, 6.07) is 5.17. The first-order chi connectivity index (χ1) is 8.70. The van der Waals surface area contributed by atoms with Gasteiger partial charge in [-0.15, -0.1) is 0 Å². The van der Waals surface area contributed by atoms with Gasteiger partial charge in [0, 0.05) is 25.3 Å². The van der Waals surface area contributed by atoms with Crippen molar-refractivity contribution >= 4 is 5.69 Å². The van der Waals surface area contributed by atoms with Gasteiger partial charge in [0.2, 0.25) is 0 Å². The molecule has 0 bridgehead atoms. The van der Waals surface area contributed by atoms with Crippen molar-refractivity contribution in [3.05, 3.63) is 24.0 Å². The van der Waals surface area contributed by atoms with Gasteiger partial charge in [0.15, 0.2) is 11.6 Å². The van der Waals surface area contributed by atoms with Gasteiger partial charge in [-0.2, -0.15) is 0 Å². The molecule has 0 aliphatic carbocycles. The van der Waals surface area contributed by atoms with Gasteiger partial charge in [-0.1, -0.05) is 0 Å². The topological polar surface area (TPSA) is 24.5 Å². The van der Waals surface area contributed by atoms with Gasteiger partial charge < -0.3 is 15.0 Å². The monoisotopic (exact) mass is 252 g/mol. The van der Waals surface area contributed by atoms with E-state index in [-0.39, 0.29) is 5.82 Å². The summed E-state index contributed by atoms with van der Waals surface area (Å²) in [5.74, 6) is 0.701. The molecule has 1 heterocycles. The summed E-state index contributed by atoms with van der Waals surface area (Å²) in [6.45, 7) is 5.45. The Kier molecular flexibility index (Phi) is 4.42. The average molecular weight is 252 g/mol. The van der Waals surface area contributed by atoms with Gasteiger partial charge >= 0.3 is 0 Å². The Bertz CT molecular complexity index is 391. The predicted octanol–water partition coefficient (Wildman–Crippen LogP) is 2.27. The Morgan fingerprint density at radius 2 is 2.33 bits per heavy atom. The molecule has 1 saturated heterocycles. The summed E-state index contributed by atoms with van der Waals surface area (Å²) in [5, 5.41) is 3.35. The quantitative estimate of drug-likeness (QED) is 0.870. The molecule has 0 aromatic heterocycles. The van der Waals surface area contributed by atoms with Crippen LogP contribution in [0.25, 0.3) is 0 Å². The predicted molar refractivity (Wildman–Crippen MR) is 71.8 cm³/mol. The van der Waals surface area contributed by atoms with Gasteiger partial charge in [-0.3, -0.25) is 0 Å². The first-order valence-electron chi connectivity index (χ1n) is 6.55. The van der Waals surface area contributed by atoms with Crippen LogP contribution in [0.3, 0.4) is 0 Å². The van der Waals surface area contributed by atoms with Crippen molar-refractivity contribution in [1.29, 1.82) is 0 Å². The molecule has 1 aliphatic heterocycles. The first-order valence-corrected chi connectivity index (χ1v) is 6.55. The number of ether oxygens (including phenoxy) is 1. The van der Waals surface area contributed by atoms with Crippen molar-refractivity contribution in [3.63, 3.8) is 0 Å². The highest BCUT2D eigenvalue weighted by molar-refractivity contribution is 5.49. The minimum absolute atomic E-state index is 0.286. The number of benzene rings is 1. The summed E-state index contributed by atoms with van der Waals surface area (Å²) < 4.78 is 18.9. The fraction of sp³-hybridized carbons (Fsp3) is 0.571. The van der Waals surface area contributed by atoms with Gasteiger partial charge in [0.05, 0.1) is 6.61 Å². The second-order valence-corrected chi connectivity index (χ2v) is 4.79. The van der Waals surface area contributed by atoms with Crippen LogP contribution in [0, 0.1) is 11.7 Å². The third kappa shape index (κ3) is 3.13. The zero-order chi connectivity index (χ0) is 13.0. The van der Waals surface area contributed by atoms with E-state index in [0.717, 1.165) is 25.3 Å². The molecular weight excluding hydrogens is 231 g/mol. The zero-order valence-corrected chi connectivity index (χ0v) is 11.1. The number of anilines is 1. The van der Waals surface area contributed by atoms with E-state index in [0.29, 0.717) is 18.3 Å². The Balaban J connectivity index is 2.01. The third-order valence-electron chi connectivity index (χ3n) is 3.35. The Hall–Kier alpha value is -1.29. The SMILES string of the molecule is CCOc1ccc(N(C)CC2CCNC2)cc1F. The lowest BCUT2D eigenvalue weighted by molar-refractivity contribution is 0.321. The number of hydrogen-bond donors (Lipinski definition) is 1. The lowest BCUT2D eigenvalue weighted by Crippen LogP contribution is -2.26. The smallest absolute Gasteiger partial charge is 0.167 e. The highest BCUT2D eigenvalue weighted by Crippen LogP contribution is 2.24. The fourth-order valence-corrected chi connectivity index (χ4v) is 2.36. The number of halogens is 1. The number of hydrogen-bond acceptors (Lipinski definition) is 3. The van der Waals surface area contributed by atoms with Crippen LogP contribution < -0.4 is 15.0 Å². The van der Waals surface area contributed by atoms with Crippen molar-refractivity contribution in [1.82, 2.24) is 5.32 Å². The molecule has 4 heteroatoms. The Morgan fingerprint density at radius 3 is 2.94 bits per heavy atom. The Labute approximate surface area is 108 Å². The van der Waals surface area contributed by atoms with E-state index >= 15 is 0 Å². The maximum absolute atomic E-state index is 13.7. The van der Waals surface area contributed by atoms with E-state index in [1.54, 1.807) is 12.1 Å². The molecule has 3 nitrogen and oxygen atoms in total. The molecule has 100 valence electrons. The van der Waals surface area contributed by atoms with Crippen molar-refractivity contribution in [3.8, 4) is 5.75 Å². The molecule has 0 radical (unpaired) electrons. The Morgan fingerprint density at radius 1 is 1.50 bits per heavy atom. The van der Waals surface area contributed by atoms with Gasteiger partial charge in [0.1, 0.15) is 0 Å². The highest BCUT2D eigenvalue weighted by atomic mass is 19.1. The molecule has 1 N–H and O–H groups in total. The molecule has 1 aliphatic rings. The van der Waals surface area contributed by atoms with Crippen molar-refractivity contribution < 1.29 is 9.13 Å². The molecule has 1 atom stereocenters. The van der Waals surface area contributed by atoms with E-state index in [1.807, 2.05) is 20.0 Å². The second-order valence-electron chi connectivity index (χ2n) is 4.79. The van der Waals surface area contributed by atoms with Gasteiger partial charge in [-0.25, -0.2) is 4.39 Å². The second kappa shape index (κ2) is 6.05. The molecule has 1 unspecified atom stereocenters. The summed E-state index contributed by atoms with van der Waals surface area (Å²) >= 11 is 0. The van der Waals surface area contributed by atoms with Crippen LogP contribution in [0.1, 0.15) is 13.3 Å². The molecule has 2 rings (SSSR count). The minimum Gasteiger partial charge on any atom is -0.491 e. The summed E-state index contributed by atoms with van der Waals surface area (Å²) in [7, 11) is 2.01.